The molecule has 2 bridgehead atoms. The lowest BCUT2D eigenvalue weighted by atomic mass is 9.85. The number of benzene rings is 2. The van der Waals surface area contributed by atoms with Gasteiger partial charge in [0.1, 0.15) is 11.5 Å². The Labute approximate surface area is 183 Å². The van der Waals surface area contributed by atoms with Crippen molar-refractivity contribution >= 4 is 22.7 Å². The third kappa shape index (κ3) is 3.83. The van der Waals surface area contributed by atoms with Crippen molar-refractivity contribution < 1.29 is 19.1 Å². The van der Waals surface area contributed by atoms with E-state index in [9.17, 15) is 9.59 Å². The number of hydrogen-bond acceptors (Lipinski definition) is 4. The third-order valence-electron chi connectivity index (χ3n) is 6.04. The Morgan fingerprint density at radius 1 is 1.03 bits per heavy atom. The molecular formula is C27H28O4. The highest BCUT2D eigenvalue weighted by atomic mass is 16.5. The SMILES string of the molecule is C=C(C)C(=O)Oc1c2c(c(OC(C)=O)c3ccccc13)C1C=C(CCC=C(C)C)C2C1. The van der Waals surface area contributed by atoms with E-state index in [1.807, 2.05) is 24.3 Å². The maximum absolute atomic E-state index is 12.5. The van der Waals surface area contributed by atoms with Crippen LogP contribution in [0.5, 0.6) is 11.5 Å². The molecule has 2 aliphatic rings. The van der Waals surface area contributed by atoms with Crippen LogP contribution in [-0.2, 0) is 9.59 Å². The predicted molar refractivity (Wildman–Crippen MR) is 123 cm³/mol. The fourth-order valence-electron chi connectivity index (χ4n) is 4.81. The summed E-state index contributed by atoms with van der Waals surface area (Å²) in [6.45, 7) is 11.0. The molecule has 2 aliphatic carbocycles. The van der Waals surface area contributed by atoms with Crippen molar-refractivity contribution in [1.29, 1.82) is 0 Å². The summed E-state index contributed by atoms with van der Waals surface area (Å²) < 4.78 is 11.7. The van der Waals surface area contributed by atoms with E-state index in [2.05, 4.69) is 32.6 Å². The van der Waals surface area contributed by atoms with Crippen LogP contribution in [-0.4, -0.2) is 11.9 Å². The molecule has 2 unspecified atom stereocenters. The Morgan fingerprint density at radius 2 is 1.68 bits per heavy atom. The minimum Gasteiger partial charge on any atom is -0.426 e. The third-order valence-corrected chi connectivity index (χ3v) is 6.04. The zero-order valence-corrected chi connectivity index (χ0v) is 18.6. The molecule has 0 N–H and O–H groups in total. The second kappa shape index (κ2) is 8.18. The molecule has 4 nitrogen and oxygen atoms in total. The Kier molecular flexibility index (Phi) is 5.57. The van der Waals surface area contributed by atoms with Crippen LogP contribution in [0.25, 0.3) is 10.8 Å². The largest absolute Gasteiger partial charge is 0.426 e. The van der Waals surface area contributed by atoms with Crippen molar-refractivity contribution in [3.05, 3.63) is 70.8 Å². The van der Waals surface area contributed by atoms with Crippen LogP contribution in [0.1, 0.15) is 69.9 Å². The first-order valence-electron chi connectivity index (χ1n) is 10.8. The van der Waals surface area contributed by atoms with E-state index in [1.165, 1.54) is 18.1 Å². The summed E-state index contributed by atoms with van der Waals surface area (Å²) in [6.07, 6.45) is 7.44. The van der Waals surface area contributed by atoms with Crippen molar-refractivity contribution in [2.45, 2.75) is 58.8 Å². The minimum atomic E-state index is -0.439. The minimum absolute atomic E-state index is 0.155. The first kappa shape index (κ1) is 21.1. The molecule has 0 amide bonds. The smallest absolute Gasteiger partial charge is 0.338 e. The fourth-order valence-corrected chi connectivity index (χ4v) is 4.81. The fraction of sp³-hybridized carbons (Fsp3) is 0.333. The molecule has 0 aliphatic heterocycles. The van der Waals surface area contributed by atoms with Gasteiger partial charge in [-0.1, -0.05) is 54.1 Å². The second-order valence-electron chi connectivity index (χ2n) is 8.75. The van der Waals surface area contributed by atoms with E-state index < -0.39 is 5.97 Å². The first-order chi connectivity index (χ1) is 14.8. The van der Waals surface area contributed by atoms with Crippen LogP contribution in [0.4, 0.5) is 0 Å². The number of esters is 2. The Bertz CT molecular complexity index is 1160. The molecule has 0 heterocycles. The second-order valence-corrected chi connectivity index (χ2v) is 8.75. The lowest BCUT2D eigenvalue weighted by Crippen LogP contribution is -2.14. The van der Waals surface area contributed by atoms with Crippen molar-refractivity contribution in [2.24, 2.45) is 0 Å². The topological polar surface area (TPSA) is 52.6 Å². The normalized spacial score (nSPS) is 18.4. The zero-order chi connectivity index (χ0) is 22.3. The number of hydrogen-bond donors (Lipinski definition) is 0. The summed E-state index contributed by atoms with van der Waals surface area (Å²) in [5, 5.41) is 1.57. The summed E-state index contributed by atoms with van der Waals surface area (Å²) >= 11 is 0. The maximum Gasteiger partial charge on any atom is 0.338 e. The standard InChI is InChI=1S/C27H28O4/c1-15(2)9-8-10-18-13-19-14-22(18)24-23(19)25(30-17(5)28)20-11-6-7-12-21(20)26(24)31-27(29)16(3)4/h6-7,9,11-13,19,22H,3,8,10,14H2,1-2,4-5H3. The van der Waals surface area contributed by atoms with Crippen molar-refractivity contribution in [1.82, 2.24) is 0 Å². The van der Waals surface area contributed by atoms with Gasteiger partial charge < -0.3 is 9.47 Å². The van der Waals surface area contributed by atoms with Gasteiger partial charge in [0.15, 0.2) is 0 Å². The Balaban J connectivity index is 1.89. The van der Waals surface area contributed by atoms with Crippen LogP contribution in [0.15, 0.2) is 59.7 Å². The average Bonchev–Trinajstić information content (AvgIpc) is 3.28. The highest BCUT2D eigenvalue weighted by molar-refractivity contribution is 6.01. The van der Waals surface area contributed by atoms with Gasteiger partial charge in [0.25, 0.3) is 0 Å². The Hall–Kier alpha value is -3.14. The molecule has 2 aromatic carbocycles. The lowest BCUT2D eigenvalue weighted by molar-refractivity contribution is -0.132. The van der Waals surface area contributed by atoms with E-state index >= 15 is 0 Å². The van der Waals surface area contributed by atoms with Gasteiger partial charge in [0.05, 0.1) is 0 Å². The first-order valence-corrected chi connectivity index (χ1v) is 10.8. The number of ether oxygens (including phenoxy) is 2. The molecule has 0 fully saturated rings. The summed E-state index contributed by atoms with van der Waals surface area (Å²) in [6, 6.07) is 7.64. The molecule has 31 heavy (non-hydrogen) atoms. The van der Waals surface area contributed by atoms with E-state index in [4.69, 9.17) is 9.47 Å². The molecule has 4 rings (SSSR count). The van der Waals surface area contributed by atoms with Crippen LogP contribution in [0.2, 0.25) is 0 Å². The Morgan fingerprint density at radius 3 is 2.26 bits per heavy atom. The number of carbonyl (C=O) groups excluding carboxylic acids is 2. The number of rotatable bonds is 6. The summed E-state index contributed by atoms with van der Waals surface area (Å²) in [4.78, 5) is 24.5. The average molecular weight is 417 g/mol. The van der Waals surface area contributed by atoms with Gasteiger partial charge in [-0.2, -0.15) is 0 Å². The molecule has 0 aromatic heterocycles. The van der Waals surface area contributed by atoms with Crippen LogP contribution >= 0.6 is 0 Å². The van der Waals surface area contributed by atoms with E-state index in [-0.39, 0.29) is 17.8 Å². The van der Waals surface area contributed by atoms with Crippen LogP contribution < -0.4 is 9.47 Å². The van der Waals surface area contributed by atoms with Crippen LogP contribution in [0.3, 0.4) is 0 Å². The van der Waals surface area contributed by atoms with Crippen molar-refractivity contribution in [2.75, 3.05) is 0 Å². The summed E-state index contributed by atoms with van der Waals surface area (Å²) in [7, 11) is 0. The summed E-state index contributed by atoms with van der Waals surface area (Å²) in [5.41, 5.74) is 5.00. The van der Waals surface area contributed by atoms with Crippen molar-refractivity contribution in [3.8, 4) is 11.5 Å². The molecule has 2 atom stereocenters. The van der Waals surface area contributed by atoms with Gasteiger partial charge in [-0.05, 0) is 40.0 Å². The zero-order valence-electron chi connectivity index (χ0n) is 18.6. The van der Waals surface area contributed by atoms with Crippen molar-refractivity contribution in [3.63, 3.8) is 0 Å². The molecule has 160 valence electrons. The molecule has 0 radical (unpaired) electrons. The molecule has 0 saturated heterocycles. The van der Waals surface area contributed by atoms with E-state index in [1.54, 1.807) is 6.92 Å². The van der Waals surface area contributed by atoms with Gasteiger partial charge >= 0.3 is 11.9 Å². The van der Waals surface area contributed by atoms with E-state index in [0.29, 0.717) is 17.1 Å². The van der Waals surface area contributed by atoms with Gasteiger partial charge in [-0.3, -0.25) is 4.79 Å². The monoisotopic (exact) mass is 416 g/mol. The molecule has 0 spiro atoms. The number of fused-ring (bicyclic) bond motifs is 6. The van der Waals surface area contributed by atoms with Gasteiger partial charge in [0.2, 0.25) is 0 Å². The number of carbonyl (C=O) groups is 2. The highest BCUT2D eigenvalue weighted by Gasteiger charge is 2.43. The molecule has 4 heteroatoms. The van der Waals surface area contributed by atoms with Crippen LogP contribution in [0, 0.1) is 0 Å². The van der Waals surface area contributed by atoms with Gasteiger partial charge in [-0.25, -0.2) is 4.79 Å². The predicted octanol–water partition coefficient (Wildman–Crippen LogP) is 6.50. The van der Waals surface area contributed by atoms with Gasteiger partial charge in [0, 0.05) is 46.2 Å². The molecule has 2 aromatic rings. The number of allylic oxidation sites excluding steroid dienone is 4. The highest BCUT2D eigenvalue weighted by Crippen LogP contribution is 2.61. The van der Waals surface area contributed by atoms with E-state index in [0.717, 1.165) is 41.2 Å². The summed E-state index contributed by atoms with van der Waals surface area (Å²) in [5.74, 6) is 0.704. The lowest BCUT2D eigenvalue weighted by Gasteiger charge is -2.24. The quantitative estimate of drug-likeness (QED) is 0.233. The molecule has 0 saturated carbocycles. The maximum atomic E-state index is 12.5. The van der Waals surface area contributed by atoms with Gasteiger partial charge in [-0.15, -0.1) is 0 Å². The molecular weight excluding hydrogens is 388 g/mol.